The van der Waals surface area contributed by atoms with Gasteiger partial charge in [-0.15, -0.1) is 0 Å². The Morgan fingerprint density at radius 3 is 2.17 bits per heavy atom. The van der Waals surface area contributed by atoms with Crippen LogP contribution in [-0.2, 0) is 4.79 Å². The molecule has 0 aliphatic rings. The molecule has 1 aromatic heterocycles. The van der Waals surface area contributed by atoms with Crippen LogP contribution in [0.15, 0.2) is 66.7 Å². The van der Waals surface area contributed by atoms with E-state index in [9.17, 15) is 4.79 Å². The van der Waals surface area contributed by atoms with Crippen molar-refractivity contribution in [2.75, 3.05) is 5.32 Å². The van der Waals surface area contributed by atoms with Gasteiger partial charge in [0.25, 0.3) is 0 Å². The van der Waals surface area contributed by atoms with Crippen molar-refractivity contribution in [2.45, 2.75) is 58.3 Å². The van der Waals surface area contributed by atoms with Gasteiger partial charge in [0.2, 0.25) is 5.91 Å². The maximum Gasteiger partial charge on any atom is 0.225 e. The summed E-state index contributed by atoms with van der Waals surface area (Å²) < 4.78 is 1.81. The van der Waals surface area contributed by atoms with Crippen molar-refractivity contribution < 1.29 is 4.79 Å². The minimum absolute atomic E-state index is 0.0512. The zero-order valence-electron chi connectivity index (χ0n) is 17.3. The molecule has 0 bridgehead atoms. The highest BCUT2D eigenvalue weighted by Gasteiger charge is 2.13. The minimum atomic E-state index is 0.0512. The molecule has 152 valence electrons. The van der Waals surface area contributed by atoms with Gasteiger partial charge in [0.15, 0.2) is 0 Å². The lowest BCUT2D eigenvalue weighted by molar-refractivity contribution is -0.116. The van der Waals surface area contributed by atoms with E-state index in [1.165, 1.54) is 32.1 Å². The third-order valence-corrected chi connectivity index (χ3v) is 5.05. The van der Waals surface area contributed by atoms with Gasteiger partial charge in [-0.1, -0.05) is 94.0 Å². The molecule has 4 heteroatoms. The lowest BCUT2D eigenvalue weighted by Gasteiger charge is -2.09. The first-order valence-electron chi connectivity index (χ1n) is 10.8. The molecule has 0 unspecified atom stereocenters. The Morgan fingerprint density at radius 1 is 0.862 bits per heavy atom. The molecular weight excluding hydrogens is 358 g/mol. The number of rotatable bonds is 11. The molecule has 3 aromatic rings. The predicted octanol–water partition coefficient (Wildman–Crippen LogP) is 6.62. The average Bonchev–Trinajstić information content (AvgIpc) is 3.18. The molecule has 0 saturated heterocycles. The standard InChI is InChI=1S/C25H31N3O/c1-2-3-4-5-6-7-14-19-25(29)26-24-20-23(21-15-10-8-11-16-21)27-28(24)22-17-12-9-13-18-22/h8-13,15-18,20H,2-7,14,19H2,1H3,(H,26,29). The first-order chi connectivity index (χ1) is 14.3. The zero-order chi connectivity index (χ0) is 20.3. The molecule has 0 saturated carbocycles. The lowest BCUT2D eigenvalue weighted by atomic mass is 10.1. The second-order valence-corrected chi connectivity index (χ2v) is 7.45. The average molecular weight is 390 g/mol. The highest BCUT2D eigenvalue weighted by molar-refractivity contribution is 5.90. The van der Waals surface area contributed by atoms with Crippen LogP contribution >= 0.6 is 0 Å². The van der Waals surface area contributed by atoms with Gasteiger partial charge in [-0.3, -0.25) is 4.79 Å². The molecule has 0 fully saturated rings. The quantitative estimate of drug-likeness (QED) is 0.375. The van der Waals surface area contributed by atoms with E-state index in [0.29, 0.717) is 12.2 Å². The summed E-state index contributed by atoms with van der Waals surface area (Å²) in [7, 11) is 0. The van der Waals surface area contributed by atoms with Gasteiger partial charge in [-0.05, 0) is 18.6 Å². The highest BCUT2D eigenvalue weighted by atomic mass is 16.1. The number of nitrogens with one attached hydrogen (secondary N) is 1. The van der Waals surface area contributed by atoms with E-state index in [2.05, 4.69) is 12.2 Å². The van der Waals surface area contributed by atoms with E-state index < -0.39 is 0 Å². The second-order valence-electron chi connectivity index (χ2n) is 7.45. The number of unbranched alkanes of at least 4 members (excludes halogenated alkanes) is 6. The van der Waals surface area contributed by atoms with Crippen molar-refractivity contribution >= 4 is 11.7 Å². The molecule has 0 spiro atoms. The van der Waals surface area contributed by atoms with Crippen LogP contribution in [-0.4, -0.2) is 15.7 Å². The number of hydrogen-bond acceptors (Lipinski definition) is 2. The van der Waals surface area contributed by atoms with Crippen molar-refractivity contribution in [2.24, 2.45) is 0 Å². The van der Waals surface area contributed by atoms with E-state index in [0.717, 1.165) is 29.8 Å². The van der Waals surface area contributed by atoms with Gasteiger partial charge >= 0.3 is 0 Å². The summed E-state index contributed by atoms with van der Waals surface area (Å²) in [5.41, 5.74) is 2.81. The number of nitrogens with zero attached hydrogens (tertiary/aromatic N) is 2. The maximum atomic E-state index is 12.5. The van der Waals surface area contributed by atoms with Crippen LogP contribution in [0.25, 0.3) is 16.9 Å². The van der Waals surface area contributed by atoms with Crippen LogP contribution in [0, 0.1) is 0 Å². The fourth-order valence-corrected chi connectivity index (χ4v) is 3.43. The van der Waals surface area contributed by atoms with Crippen LogP contribution in [0.3, 0.4) is 0 Å². The first-order valence-corrected chi connectivity index (χ1v) is 10.8. The van der Waals surface area contributed by atoms with Gasteiger partial charge in [0, 0.05) is 18.1 Å². The normalized spacial score (nSPS) is 10.8. The Bertz CT molecular complexity index is 872. The Hall–Kier alpha value is -2.88. The summed E-state index contributed by atoms with van der Waals surface area (Å²) >= 11 is 0. The molecule has 0 radical (unpaired) electrons. The number of anilines is 1. The van der Waals surface area contributed by atoms with E-state index >= 15 is 0 Å². The van der Waals surface area contributed by atoms with E-state index in [1.54, 1.807) is 0 Å². The predicted molar refractivity (Wildman–Crippen MR) is 120 cm³/mol. The number of benzene rings is 2. The number of amides is 1. The van der Waals surface area contributed by atoms with Gasteiger partial charge in [0.05, 0.1) is 11.4 Å². The summed E-state index contributed by atoms with van der Waals surface area (Å²) in [5.74, 6) is 0.762. The molecule has 1 amide bonds. The highest BCUT2D eigenvalue weighted by Crippen LogP contribution is 2.25. The second kappa shape index (κ2) is 11.2. The Balaban J connectivity index is 1.64. The molecule has 1 N–H and O–H groups in total. The van der Waals surface area contributed by atoms with Crippen LogP contribution in [0.5, 0.6) is 0 Å². The van der Waals surface area contributed by atoms with Crippen molar-refractivity contribution in [3.05, 3.63) is 66.7 Å². The topological polar surface area (TPSA) is 46.9 Å². The summed E-state index contributed by atoms with van der Waals surface area (Å²) in [4.78, 5) is 12.5. The summed E-state index contributed by atoms with van der Waals surface area (Å²) in [6.45, 7) is 2.23. The number of carbonyl (C=O) groups excluding carboxylic acids is 1. The third kappa shape index (κ3) is 6.31. The third-order valence-electron chi connectivity index (χ3n) is 5.05. The van der Waals surface area contributed by atoms with E-state index in [-0.39, 0.29) is 5.91 Å². The van der Waals surface area contributed by atoms with E-state index in [4.69, 9.17) is 5.10 Å². The number of para-hydroxylation sites is 1. The van der Waals surface area contributed by atoms with Crippen molar-refractivity contribution in [1.82, 2.24) is 9.78 Å². The smallest absolute Gasteiger partial charge is 0.225 e. The van der Waals surface area contributed by atoms with Crippen molar-refractivity contribution in [3.63, 3.8) is 0 Å². The summed E-state index contributed by atoms with van der Waals surface area (Å²) in [6.07, 6.45) is 8.98. The van der Waals surface area contributed by atoms with Gasteiger partial charge in [-0.2, -0.15) is 5.10 Å². The number of carbonyl (C=O) groups is 1. The number of aromatic nitrogens is 2. The van der Waals surface area contributed by atoms with Gasteiger partial charge < -0.3 is 5.32 Å². The minimum Gasteiger partial charge on any atom is -0.311 e. The fraction of sp³-hybridized carbons (Fsp3) is 0.360. The van der Waals surface area contributed by atoms with Crippen molar-refractivity contribution in [1.29, 1.82) is 0 Å². The van der Waals surface area contributed by atoms with Crippen LogP contribution in [0.2, 0.25) is 0 Å². The summed E-state index contributed by atoms with van der Waals surface area (Å²) in [6, 6.07) is 21.9. The number of hydrogen-bond donors (Lipinski definition) is 1. The van der Waals surface area contributed by atoms with Crippen molar-refractivity contribution in [3.8, 4) is 16.9 Å². The molecular formula is C25H31N3O. The SMILES string of the molecule is CCCCCCCCCC(=O)Nc1cc(-c2ccccc2)nn1-c1ccccc1. The van der Waals surface area contributed by atoms with E-state index in [1.807, 2.05) is 71.4 Å². The van der Waals surface area contributed by atoms with Crippen LogP contribution < -0.4 is 5.32 Å². The Labute approximate surface area is 174 Å². The van der Waals surface area contributed by atoms with Gasteiger partial charge in [0.1, 0.15) is 5.82 Å². The molecule has 0 aliphatic heterocycles. The van der Waals surface area contributed by atoms with Crippen LogP contribution in [0.1, 0.15) is 58.3 Å². The monoisotopic (exact) mass is 389 g/mol. The lowest BCUT2D eigenvalue weighted by Crippen LogP contribution is -2.14. The summed E-state index contributed by atoms with van der Waals surface area (Å²) in [5, 5.41) is 7.82. The van der Waals surface area contributed by atoms with Gasteiger partial charge in [-0.25, -0.2) is 4.68 Å². The molecule has 0 aliphatic carbocycles. The Morgan fingerprint density at radius 2 is 1.48 bits per heavy atom. The molecule has 1 heterocycles. The fourth-order valence-electron chi connectivity index (χ4n) is 3.43. The molecule has 0 atom stereocenters. The maximum absolute atomic E-state index is 12.5. The van der Waals surface area contributed by atoms with Crippen LogP contribution in [0.4, 0.5) is 5.82 Å². The largest absolute Gasteiger partial charge is 0.311 e. The molecule has 4 nitrogen and oxygen atoms in total. The molecule has 29 heavy (non-hydrogen) atoms. The Kier molecular flexibility index (Phi) is 8.05. The zero-order valence-corrected chi connectivity index (χ0v) is 17.3. The molecule has 2 aromatic carbocycles. The first kappa shape index (κ1) is 20.8. The molecule has 3 rings (SSSR count).